The maximum atomic E-state index is 14.2. The maximum Gasteiger partial charge on any atom is 0.331 e. The first-order valence-electron chi connectivity index (χ1n) is 31.8. The predicted octanol–water partition coefficient (Wildman–Crippen LogP) is 10.8. The molecule has 0 aromatic heterocycles. The highest BCUT2D eigenvalue weighted by atomic mass is 16.7. The predicted molar refractivity (Wildman–Crippen MR) is 316 cm³/mol. The second kappa shape index (κ2) is 32.0. The summed E-state index contributed by atoms with van der Waals surface area (Å²) in [5.41, 5.74) is -2.12. The summed E-state index contributed by atoms with van der Waals surface area (Å²) in [6.07, 6.45) is 18.3. The smallest absolute Gasteiger partial charge is 0.331 e. The van der Waals surface area contributed by atoms with Gasteiger partial charge in [0.1, 0.15) is 18.3 Å². The molecule has 4 heterocycles. The topological polar surface area (TPSA) is 246 Å². The van der Waals surface area contributed by atoms with E-state index in [0.717, 1.165) is 61.9 Å². The van der Waals surface area contributed by atoms with Gasteiger partial charge in [0.15, 0.2) is 11.9 Å². The third-order valence-corrected chi connectivity index (χ3v) is 18.6. The molecule has 0 radical (unpaired) electrons. The van der Waals surface area contributed by atoms with Crippen LogP contribution in [0.25, 0.3) is 0 Å². The van der Waals surface area contributed by atoms with E-state index in [1.807, 2.05) is 13.0 Å². The summed E-state index contributed by atoms with van der Waals surface area (Å²) < 4.78 is 54.0. The zero-order valence-corrected chi connectivity index (χ0v) is 52.6. The molecule has 478 valence electrons. The van der Waals surface area contributed by atoms with Crippen molar-refractivity contribution >= 4 is 35.8 Å². The number of unbranched alkanes of at least 4 members (excludes halogenated alkanes) is 7. The van der Waals surface area contributed by atoms with E-state index >= 15 is 0 Å². The number of carbonyl (C=O) groups is 6. The average Bonchev–Trinajstić information content (AvgIpc) is 1.63. The maximum absolute atomic E-state index is 14.2. The van der Waals surface area contributed by atoms with E-state index < -0.39 is 120 Å². The van der Waals surface area contributed by atoms with Crippen LogP contribution in [-0.4, -0.2) is 132 Å². The van der Waals surface area contributed by atoms with Gasteiger partial charge in [-0.25, -0.2) is 14.4 Å². The third kappa shape index (κ3) is 20.4. The van der Waals surface area contributed by atoms with Crippen molar-refractivity contribution in [3.05, 3.63) is 59.8 Å². The van der Waals surface area contributed by atoms with Gasteiger partial charge in [0.05, 0.1) is 56.6 Å². The molecule has 2 saturated carbocycles. The summed E-state index contributed by atoms with van der Waals surface area (Å²) in [6.45, 7) is 13.8. The number of cyclic esters (lactones) is 1. The van der Waals surface area contributed by atoms with Gasteiger partial charge in [-0.2, -0.15) is 0 Å². The molecule has 3 saturated heterocycles. The van der Waals surface area contributed by atoms with Gasteiger partial charge in [-0.1, -0.05) is 142 Å². The van der Waals surface area contributed by atoms with Gasteiger partial charge in [0.25, 0.3) is 0 Å². The first-order valence-corrected chi connectivity index (χ1v) is 31.8. The minimum atomic E-state index is -2.51. The molecule has 5 unspecified atom stereocenters. The Balaban J connectivity index is 1.27. The number of ether oxygens (including phenoxy) is 9. The van der Waals surface area contributed by atoms with Crippen LogP contribution in [0.4, 0.5) is 0 Å². The quantitative estimate of drug-likeness (QED) is 0.0203. The van der Waals surface area contributed by atoms with E-state index in [4.69, 9.17) is 42.6 Å². The van der Waals surface area contributed by atoms with Gasteiger partial charge in [0.2, 0.25) is 5.79 Å². The molecule has 4 aliphatic heterocycles. The number of esters is 6. The minimum absolute atomic E-state index is 0.0585. The average molecular weight is 1200 g/mol. The van der Waals surface area contributed by atoms with Gasteiger partial charge in [-0.05, 0) is 87.5 Å². The van der Waals surface area contributed by atoms with Gasteiger partial charge in [-0.3, -0.25) is 14.4 Å². The molecule has 15 atom stereocenters. The highest BCUT2D eigenvalue weighted by Gasteiger charge is 2.60. The van der Waals surface area contributed by atoms with Crippen molar-refractivity contribution < 1.29 is 86.7 Å². The molecule has 6 aliphatic rings. The van der Waals surface area contributed by atoms with Crippen LogP contribution in [0, 0.1) is 34.5 Å². The lowest BCUT2D eigenvalue weighted by molar-refractivity contribution is -0.348. The van der Waals surface area contributed by atoms with E-state index in [-0.39, 0.29) is 56.9 Å². The Kier molecular flexibility index (Phi) is 26.1. The second-order valence-electron chi connectivity index (χ2n) is 26.3. The minimum Gasteiger partial charge on any atom is -0.466 e. The largest absolute Gasteiger partial charge is 0.466 e. The van der Waals surface area contributed by atoms with Crippen molar-refractivity contribution in [3.8, 4) is 0 Å². The summed E-state index contributed by atoms with van der Waals surface area (Å²) in [7, 11) is 2.43. The van der Waals surface area contributed by atoms with Crippen LogP contribution in [0.1, 0.15) is 209 Å². The lowest BCUT2D eigenvalue weighted by Gasteiger charge is -2.53. The SMILES string of the molecule is CCC/C=C/C=C/C(=O)O[C@H]1/C(=C/C(=O)OC)C[C@H]2C[C@H]([C@@H](C)OC(=O)CCCCCCCC3CC3CC3CC3CCCCC)OC(=O)C[C@H](O)CC3C[C@H](OC(C)=O)C(C)(C)[C@](O)(C[C@@H]4C/C(=C/C(=O)OC)C[C@H](/C=C/C(C)(C)[C@]1(O)O2)O4)O3. The summed E-state index contributed by atoms with van der Waals surface area (Å²) in [4.78, 5) is 80.2. The zero-order valence-electron chi connectivity index (χ0n) is 52.6. The van der Waals surface area contributed by atoms with Crippen molar-refractivity contribution in [1.82, 2.24) is 0 Å². The molecule has 5 fully saturated rings. The van der Waals surface area contributed by atoms with Crippen molar-refractivity contribution in [2.45, 2.75) is 276 Å². The van der Waals surface area contributed by atoms with Crippen LogP contribution in [-0.2, 0) is 71.4 Å². The molecule has 18 heteroatoms. The number of carbonyl (C=O) groups excluding carboxylic acids is 6. The van der Waals surface area contributed by atoms with Crippen LogP contribution in [0.15, 0.2) is 59.8 Å². The fourth-order valence-corrected chi connectivity index (χ4v) is 13.1. The summed E-state index contributed by atoms with van der Waals surface area (Å²) in [5.74, 6) is -5.19. The normalized spacial score (nSPS) is 34.6. The van der Waals surface area contributed by atoms with Crippen molar-refractivity contribution in [3.63, 3.8) is 0 Å². The van der Waals surface area contributed by atoms with Crippen LogP contribution in [0.3, 0.4) is 0 Å². The molecule has 0 spiro atoms. The van der Waals surface area contributed by atoms with E-state index in [1.54, 1.807) is 52.8 Å². The molecule has 85 heavy (non-hydrogen) atoms. The van der Waals surface area contributed by atoms with E-state index in [0.29, 0.717) is 12.0 Å². The van der Waals surface area contributed by atoms with Crippen molar-refractivity contribution in [2.24, 2.45) is 34.5 Å². The van der Waals surface area contributed by atoms with Gasteiger partial charge < -0.3 is 58.0 Å². The van der Waals surface area contributed by atoms with Gasteiger partial charge >= 0.3 is 35.8 Å². The van der Waals surface area contributed by atoms with Gasteiger partial charge in [0, 0.05) is 62.7 Å². The first kappa shape index (κ1) is 69.4. The Bertz CT molecular complexity index is 2400. The van der Waals surface area contributed by atoms with Crippen LogP contribution >= 0.6 is 0 Å². The lowest BCUT2D eigenvalue weighted by atomic mass is 9.70. The number of allylic oxidation sites excluding steroid dienone is 3. The first-order chi connectivity index (χ1) is 40.3. The number of rotatable bonds is 24. The monoisotopic (exact) mass is 1190 g/mol. The molecule has 6 rings (SSSR count). The molecular formula is C67H102O18. The molecule has 2 aliphatic carbocycles. The Morgan fingerprint density at radius 2 is 1.40 bits per heavy atom. The van der Waals surface area contributed by atoms with Crippen LogP contribution in [0.2, 0.25) is 0 Å². The highest BCUT2D eigenvalue weighted by Crippen LogP contribution is 2.55. The number of hydrogen-bond acceptors (Lipinski definition) is 18. The molecular weight excluding hydrogens is 1090 g/mol. The summed E-state index contributed by atoms with van der Waals surface area (Å²) in [5, 5.41) is 37.7. The standard InChI is InChI=1S/C67H102O18/c1-11-13-15-17-22-27-59(71)83-63-50(37-61(73)78-10)36-53-40-56(43(3)79-58(70)26-23-19-16-18-21-25-47-34-49(47)35-48-33-46(48)24-20-14-12-2)82-62(74)39-51(69)38-54-41-57(80-44(4)68)65(7,8)66(75,84-54)42-55-31-45(32-60(72)77-9)30-52(81-55)28-29-64(5,6)67(63,76)85-53/h15,17,22,27-29,32,37,43,46-49,51-57,63,69,75-76H,11-14,16,18-21,23-26,30-31,33-36,38-42H2,1-10H3/b17-15+,27-22+,29-28+,45-32+,50-37+/t43-,46?,47?,48?,49?,51-,52+,53+,54?,55+,56-,57+,63+,66+,67-/m1/s1. The molecule has 3 N–H and O–H groups in total. The molecule has 0 amide bonds. The Morgan fingerprint density at radius 1 is 0.729 bits per heavy atom. The van der Waals surface area contributed by atoms with Gasteiger partial charge in [-0.15, -0.1) is 0 Å². The Hall–Kier alpha value is -4.72. The fraction of sp³-hybridized carbons (Fsp3) is 0.761. The number of fused-ring (bicyclic) bond motifs is 6. The third-order valence-electron chi connectivity index (χ3n) is 18.6. The second-order valence-corrected chi connectivity index (χ2v) is 26.3. The van der Waals surface area contributed by atoms with Crippen molar-refractivity contribution in [2.75, 3.05) is 14.2 Å². The van der Waals surface area contributed by atoms with Crippen LogP contribution in [0.5, 0.6) is 0 Å². The highest BCUT2D eigenvalue weighted by molar-refractivity contribution is 5.85. The molecule has 6 bridgehead atoms. The molecule has 18 nitrogen and oxygen atoms in total. The number of methoxy groups -OCH3 is 2. The van der Waals surface area contributed by atoms with Crippen LogP contribution < -0.4 is 0 Å². The Labute approximate surface area is 505 Å². The zero-order chi connectivity index (χ0) is 62.1. The van der Waals surface area contributed by atoms with Crippen molar-refractivity contribution in [1.29, 1.82) is 0 Å². The number of hydrogen-bond donors (Lipinski definition) is 3. The van der Waals surface area contributed by atoms with E-state index in [9.17, 15) is 44.1 Å². The molecule has 0 aromatic rings. The molecule has 0 aromatic carbocycles. The van der Waals surface area contributed by atoms with E-state index in [1.165, 1.54) is 97.2 Å². The number of aliphatic hydroxyl groups excluding tert-OH is 1. The number of aliphatic hydroxyl groups is 3. The fourth-order valence-electron chi connectivity index (χ4n) is 13.1. The Morgan fingerprint density at radius 3 is 2.07 bits per heavy atom. The van der Waals surface area contributed by atoms with E-state index in [2.05, 4.69) is 6.92 Å². The summed E-state index contributed by atoms with van der Waals surface area (Å²) >= 11 is 0. The lowest BCUT2D eigenvalue weighted by Crippen LogP contribution is -2.62. The summed E-state index contributed by atoms with van der Waals surface area (Å²) in [6, 6.07) is 0.